The van der Waals surface area contributed by atoms with Crippen LogP contribution in [0.3, 0.4) is 0 Å². The quantitative estimate of drug-likeness (QED) is 0.614. The highest BCUT2D eigenvalue weighted by atomic mass is 16.5. The van der Waals surface area contributed by atoms with Gasteiger partial charge >= 0.3 is 5.97 Å². The van der Waals surface area contributed by atoms with Gasteiger partial charge < -0.3 is 10.1 Å². The molecule has 0 radical (unpaired) electrons. The molecule has 3 nitrogen and oxygen atoms in total. The molecule has 0 saturated heterocycles. The van der Waals surface area contributed by atoms with Crippen LogP contribution in [0.1, 0.15) is 17.2 Å². The number of carbonyl (C=O) groups is 1. The Morgan fingerprint density at radius 1 is 1.11 bits per heavy atom. The highest BCUT2D eigenvalue weighted by Gasteiger charge is 2.28. The summed E-state index contributed by atoms with van der Waals surface area (Å²) in [4.78, 5) is 12.0. The molecule has 18 heavy (non-hydrogen) atoms. The summed E-state index contributed by atoms with van der Waals surface area (Å²) < 4.78 is 5.38. The highest BCUT2D eigenvalue weighted by Crippen LogP contribution is 2.34. The van der Waals surface area contributed by atoms with Crippen LogP contribution >= 0.6 is 0 Å². The van der Waals surface area contributed by atoms with Crippen LogP contribution in [-0.4, -0.2) is 5.97 Å². The van der Waals surface area contributed by atoms with Gasteiger partial charge in [-0.25, -0.2) is 4.79 Å². The second-order valence-corrected chi connectivity index (χ2v) is 4.41. The number of esters is 1. The maximum Gasteiger partial charge on any atom is 0.338 e. The third-order valence-corrected chi connectivity index (χ3v) is 3.02. The fourth-order valence-electron chi connectivity index (χ4n) is 2.08. The van der Waals surface area contributed by atoms with E-state index < -0.39 is 6.04 Å². The van der Waals surface area contributed by atoms with E-state index in [1.165, 1.54) is 0 Å². The van der Waals surface area contributed by atoms with E-state index in [4.69, 9.17) is 4.74 Å². The first-order valence-corrected chi connectivity index (χ1v) is 5.88. The fourth-order valence-corrected chi connectivity index (χ4v) is 2.08. The zero-order valence-corrected chi connectivity index (χ0v) is 10.0. The first kappa shape index (κ1) is 10.8. The molecule has 2 aromatic carbocycles. The van der Waals surface area contributed by atoms with Gasteiger partial charge in [0.25, 0.3) is 0 Å². The van der Waals surface area contributed by atoms with E-state index in [2.05, 4.69) is 5.32 Å². The van der Waals surface area contributed by atoms with Gasteiger partial charge in [-0.15, -0.1) is 0 Å². The molecule has 0 amide bonds. The Hall–Kier alpha value is -2.29. The summed E-state index contributed by atoms with van der Waals surface area (Å²) in [6.45, 7) is 1.97. The standard InChI is InChI=1S/C15H13NO2/c1-10-7-8-12-13(9-10)18-15(17)14(16-12)11-5-3-2-4-6-11/h2-9,14,16H,1H3/t14-/m1/s1. The lowest BCUT2D eigenvalue weighted by molar-refractivity contribution is -0.136. The third-order valence-electron chi connectivity index (χ3n) is 3.02. The van der Waals surface area contributed by atoms with E-state index in [1.54, 1.807) is 0 Å². The van der Waals surface area contributed by atoms with E-state index in [0.29, 0.717) is 5.75 Å². The number of carbonyl (C=O) groups excluding carboxylic acids is 1. The molecule has 0 aliphatic carbocycles. The van der Waals surface area contributed by atoms with Gasteiger partial charge in [-0.2, -0.15) is 0 Å². The smallest absolute Gasteiger partial charge is 0.338 e. The largest absolute Gasteiger partial charge is 0.423 e. The Labute approximate surface area is 105 Å². The molecule has 1 atom stereocenters. The van der Waals surface area contributed by atoms with Gasteiger partial charge in [0.2, 0.25) is 0 Å². The van der Waals surface area contributed by atoms with Gasteiger partial charge in [-0.3, -0.25) is 0 Å². The Morgan fingerprint density at radius 3 is 2.67 bits per heavy atom. The molecule has 1 heterocycles. The van der Waals surface area contributed by atoms with Crippen molar-refractivity contribution in [3.8, 4) is 5.75 Å². The van der Waals surface area contributed by atoms with Crippen molar-refractivity contribution in [2.75, 3.05) is 5.32 Å². The zero-order valence-electron chi connectivity index (χ0n) is 10.0. The molecule has 3 rings (SSSR count). The molecule has 0 unspecified atom stereocenters. The molecule has 0 aromatic heterocycles. The predicted molar refractivity (Wildman–Crippen MR) is 69.6 cm³/mol. The number of aryl methyl sites for hydroxylation is 1. The molecule has 0 saturated carbocycles. The normalized spacial score (nSPS) is 17.6. The Balaban J connectivity index is 1.97. The van der Waals surface area contributed by atoms with Crippen LogP contribution in [0.25, 0.3) is 0 Å². The van der Waals surface area contributed by atoms with Crippen LogP contribution in [0.15, 0.2) is 48.5 Å². The summed E-state index contributed by atoms with van der Waals surface area (Å²) in [5, 5.41) is 3.22. The summed E-state index contributed by atoms with van der Waals surface area (Å²) >= 11 is 0. The van der Waals surface area contributed by atoms with Crippen molar-refractivity contribution < 1.29 is 9.53 Å². The van der Waals surface area contributed by atoms with Crippen LogP contribution < -0.4 is 10.1 Å². The van der Waals surface area contributed by atoms with Gasteiger partial charge in [0, 0.05) is 0 Å². The summed E-state index contributed by atoms with van der Waals surface area (Å²) in [6, 6.07) is 14.9. The van der Waals surface area contributed by atoms with Crippen molar-refractivity contribution in [1.29, 1.82) is 0 Å². The van der Waals surface area contributed by atoms with Crippen molar-refractivity contribution in [3.05, 3.63) is 59.7 Å². The molecule has 2 aromatic rings. The first-order valence-electron chi connectivity index (χ1n) is 5.88. The summed E-state index contributed by atoms with van der Waals surface area (Å²) in [6.07, 6.45) is 0. The van der Waals surface area contributed by atoms with Crippen molar-refractivity contribution in [1.82, 2.24) is 0 Å². The van der Waals surface area contributed by atoms with Crippen molar-refractivity contribution in [2.45, 2.75) is 13.0 Å². The van der Waals surface area contributed by atoms with E-state index in [-0.39, 0.29) is 5.97 Å². The number of anilines is 1. The Bertz CT molecular complexity index is 593. The average Bonchev–Trinajstić information content (AvgIpc) is 2.39. The molecular weight excluding hydrogens is 226 g/mol. The van der Waals surface area contributed by atoms with Crippen molar-refractivity contribution in [3.63, 3.8) is 0 Å². The fraction of sp³-hybridized carbons (Fsp3) is 0.133. The number of ether oxygens (including phenoxy) is 1. The second-order valence-electron chi connectivity index (χ2n) is 4.41. The monoisotopic (exact) mass is 239 g/mol. The third kappa shape index (κ3) is 1.84. The molecule has 90 valence electrons. The van der Waals surface area contributed by atoms with Crippen LogP contribution in [-0.2, 0) is 4.79 Å². The highest BCUT2D eigenvalue weighted by molar-refractivity contribution is 5.88. The van der Waals surface area contributed by atoms with E-state index >= 15 is 0 Å². The lowest BCUT2D eigenvalue weighted by Crippen LogP contribution is -2.29. The van der Waals surface area contributed by atoms with E-state index in [9.17, 15) is 4.79 Å². The van der Waals surface area contributed by atoms with Gasteiger partial charge in [0.15, 0.2) is 11.8 Å². The number of nitrogens with one attached hydrogen (secondary N) is 1. The molecule has 1 aliphatic rings. The lowest BCUT2D eigenvalue weighted by Gasteiger charge is -2.26. The summed E-state index contributed by atoms with van der Waals surface area (Å²) in [7, 11) is 0. The lowest BCUT2D eigenvalue weighted by atomic mass is 10.0. The first-order chi connectivity index (χ1) is 8.74. The number of hydrogen-bond donors (Lipinski definition) is 1. The molecule has 0 fully saturated rings. The maximum absolute atomic E-state index is 12.0. The maximum atomic E-state index is 12.0. The van der Waals surface area contributed by atoms with Gasteiger partial charge in [0.1, 0.15) is 0 Å². The summed E-state index contributed by atoms with van der Waals surface area (Å²) in [5.74, 6) is 0.339. The number of benzene rings is 2. The minimum atomic E-state index is -0.429. The molecule has 0 spiro atoms. The van der Waals surface area contributed by atoms with E-state index in [1.807, 2.05) is 55.5 Å². The molecule has 1 N–H and O–H groups in total. The average molecular weight is 239 g/mol. The molecule has 3 heteroatoms. The van der Waals surface area contributed by atoms with Crippen molar-refractivity contribution >= 4 is 11.7 Å². The van der Waals surface area contributed by atoms with Crippen LogP contribution in [0.4, 0.5) is 5.69 Å². The van der Waals surface area contributed by atoms with Crippen LogP contribution in [0.5, 0.6) is 5.75 Å². The topological polar surface area (TPSA) is 38.3 Å². The molecule has 0 bridgehead atoms. The van der Waals surface area contributed by atoms with Crippen LogP contribution in [0, 0.1) is 6.92 Å². The summed E-state index contributed by atoms with van der Waals surface area (Å²) in [5.41, 5.74) is 2.84. The number of hydrogen-bond acceptors (Lipinski definition) is 3. The molecular formula is C15H13NO2. The Kier molecular flexibility index (Phi) is 2.52. The zero-order chi connectivity index (χ0) is 12.5. The van der Waals surface area contributed by atoms with Gasteiger partial charge in [-0.05, 0) is 30.2 Å². The molecule has 1 aliphatic heterocycles. The minimum absolute atomic E-state index is 0.265. The number of rotatable bonds is 1. The van der Waals surface area contributed by atoms with Crippen LogP contribution in [0.2, 0.25) is 0 Å². The predicted octanol–water partition coefficient (Wildman–Crippen LogP) is 3.07. The second kappa shape index (κ2) is 4.18. The number of fused-ring (bicyclic) bond motifs is 1. The van der Waals surface area contributed by atoms with Crippen molar-refractivity contribution in [2.24, 2.45) is 0 Å². The van der Waals surface area contributed by atoms with E-state index in [0.717, 1.165) is 16.8 Å². The SMILES string of the molecule is Cc1ccc2c(c1)OC(=O)[C@@H](c1ccccc1)N2. The minimum Gasteiger partial charge on any atom is -0.423 e. The van der Waals surface area contributed by atoms with Gasteiger partial charge in [-0.1, -0.05) is 36.4 Å². The van der Waals surface area contributed by atoms with Gasteiger partial charge in [0.05, 0.1) is 5.69 Å². The Morgan fingerprint density at radius 2 is 1.89 bits per heavy atom.